The van der Waals surface area contributed by atoms with Gasteiger partial charge >= 0.3 is 0 Å². The van der Waals surface area contributed by atoms with Crippen molar-refractivity contribution in [3.8, 4) is 5.88 Å². The largest absolute Gasteiger partial charge is 0.467 e. The number of unbranched alkanes of at least 4 members (excludes halogenated alkanes) is 13. The molecule has 0 aliphatic heterocycles. The highest BCUT2D eigenvalue weighted by Gasteiger charge is 2.38. The second-order valence-electron chi connectivity index (χ2n) is 12.3. The zero-order valence-corrected chi connectivity index (χ0v) is 28.0. The molecule has 1 aromatic heterocycles. The Morgan fingerprint density at radius 2 is 1.02 bits per heavy atom. The van der Waals surface area contributed by atoms with Gasteiger partial charge in [0.25, 0.3) is 5.88 Å². The zero-order valence-electron chi connectivity index (χ0n) is 28.0. The molecule has 5 heteroatoms. The third kappa shape index (κ3) is 11.7. The van der Waals surface area contributed by atoms with Crippen molar-refractivity contribution in [3.63, 3.8) is 0 Å². The highest BCUT2D eigenvalue weighted by atomic mass is 16.6. The van der Waals surface area contributed by atoms with Gasteiger partial charge in [-0.2, -0.15) is 0 Å². The predicted molar refractivity (Wildman–Crippen MR) is 187 cm³/mol. The van der Waals surface area contributed by atoms with Crippen LogP contribution in [0.3, 0.4) is 0 Å². The predicted octanol–water partition coefficient (Wildman–Crippen LogP) is 10.9. The topological polar surface area (TPSA) is 53.7 Å². The standard InChI is InChI=1S/C41H55NO4/c1-2-3-4-5-6-7-8-9-10-11-12-13-14-24-32-43-34-39(46-40-31-33-45-42-40)35-44-41(36-25-18-15-19-26-36,37-27-20-16-21-28-37)38-29-22-17-23-30-38/h15-23,25-31,33,39H,2-14,24,32,34-35H2,1H3. The molecule has 5 nitrogen and oxygen atoms in total. The van der Waals surface area contributed by atoms with Gasteiger partial charge in [0.2, 0.25) is 0 Å². The van der Waals surface area contributed by atoms with E-state index in [1.807, 2.05) is 18.2 Å². The molecule has 1 heterocycles. The Morgan fingerprint density at radius 3 is 1.46 bits per heavy atom. The van der Waals surface area contributed by atoms with Crippen molar-refractivity contribution >= 4 is 0 Å². The number of nitrogens with zero attached hydrogens (tertiary/aromatic N) is 1. The van der Waals surface area contributed by atoms with Crippen molar-refractivity contribution in [2.24, 2.45) is 0 Å². The van der Waals surface area contributed by atoms with Crippen LogP contribution in [-0.4, -0.2) is 31.1 Å². The van der Waals surface area contributed by atoms with E-state index in [4.69, 9.17) is 18.7 Å². The maximum Gasteiger partial charge on any atom is 0.254 e. The van der Waals surface area contributed by atoms with Gasteiger partial charge in [0.15, 0.2) is 0 Å². The molecule has 0 bridgehead atoms. The summed E-state index contributed by atoms with van der Waals surface area (Å²) in [6.45, 7) is 3.69. The summed E-state index contributed by atoms with van der Waals surface area (Å²) in [5.41, 5.74) is 2.33. The van der Waals surface area contributed by atoms with E-state index in [0.29, 0.717) is 25.7 Å². The Labute approximate surface area is 277 Å². The van der Waals surface area contributed by atoms with Gasteiger partial charge in [-0.1, -0.05) is 181 Å². The summed E-state index contributed by atoms with van der Waals surface area (Å²) >= 11 is 0. The molecule has 0 radical (unpaired) electrons. The minimum Gasteiger partial charge on any atom is -0.467 e. The summed E-state index contributed by atoms with van der Waals surface area (Å²) in [7, 11) is 0. The Morgan fingerprint density at radius 1 is 0.565 bits per heavy atom. The van der Waals surface area contributed by atoms with Crippen molar-refractivity contribution in [2.75, 3.05) is 19.8 Å². The third-order valence-electron chi connectivity index (χ3n) is 8.67. The summed E-state index contributed by atoms with van der Waals surface area (Å²) in [5, 5.41) is 3.99. The van der Waals surface area contributed by atoms with Crippen LogP contribution in [0.15, 0.2) is 108 Å². The van der Waals surface area contributed by atoms with Crippen molar-refractivity contribution in [2.45, 2.75) is 109 Å². The Kier molecular flexibility index (Phi) is 16.5. The number of rotatable bonds is 25. The first-order valence-electron chi connectivity index (χ1n) is 17.8. The molecule has 0 spiro atoms. The number of ether oxygens (including phenoxy) is 3. The molecule has 4 aromatic rings. The van der Waals surface area contributed by atoms with E-state index < -0.39 is 5.60 Å². The minimum atomic E-state index is -0.830. The fourth-order valence-corrected chi connectivity index (χ4v) is 6.15. The van der Waals surface area contributed by atoms with E-state index in [1.165, 1.54) is 89.7 Å². The van der Waals surface area contributed by atoms with Gasteiger partial charge in [-0.05, 0) is 28.3 Å². The molecule has 46 heavy (non-hydrogen) atoms. The van der Waals surface area contributed by atoms with E-state index in [0.717, 1.165) is 23.1 Å². The lowest BCUT2D eigenvalue weighted by Gasteiger charge is -2.37. The fourth-order valence-electron chi connectivity index (χ4n) is 6.15. The molecule has 0 saturated heterocycles. The summed E-state index contributed by atoms with van der Waals surface area (Å²) in [5.74, 6) is 0.429. The van der Waals surface area contributed by atoms with Gasteiger partial charge in [-0.25, -0.2) is 0 Å². The Bertz CT molecular complexity index is 1170. The number of hydrogen-bond acceptors (Lipinski definition) is 5. The van der Waals surface area contributed by atoms with Gasteiger partial charge < -0.3 is 18.7 Å². The first-order chi connectivity index (χ1) is 22.8. The minimum absolute atomic E-state index is 0.296. The van der Waals surface area contributed by atoms with E-state index in [2.05, 4.69) is 84.9 Å². The van der Waals surface area contributed by atoms with Crippen molar-refractivity contribution in [1.82, 2.24) is 5.16 Å². The van der Waals surface area contributed by atoms with Gasteiger partial charge in [-0.15, -0.1) is 0 Å². The average Bonchev–Trinajstić information content (AvgIpc) is 3.63. The molecule has 1 atom stereocenters. The number of aromatic nitrogens is 1. The van der Waals surface area contributed by atoms with Gasteiger partial charge in [-0.3, -0.25) is 0 Å². The second kappa shape index (κ2) is 21.4. The normalized spacial score (nSPS) is 12.3. The monoisotopic (exact) mass is 625 g/mol. The molecule has 0 amide bonds. The van der Waals surface area contributed by atoms with E-state index >= 15 is 0 Å². The van der Waals surface area contributed by atoms with Crippen molar-refractivity contribution < 1.29 is 18.7 Å². The lowest BCUT2D eigenvalue weighted by atomic mass is 9.80. The van der Waals surface area contributed by atoms with Crippen LogP contribution >= 0.6 is 0 Å². The maximum atomic E-state index is 7.01. The number of hydrogen-bond donors (Lipinski definition) is 0. The van der Waals surface area contributed by atoms with Crippen molar-refractivity contribution in [3.05, 3.63) is 120 Å². The zero-order chi connectivity index (χ0) is 32.0. The molecule has 0 fully saturated rings. The van der Waals surface area contributed by atoms with Crippen LogP contribution in [0.4, 0.5) is 0 Å². The SMILES string of the molecule is CCCCCCCCCCCCCCCCOCC(COC(c1ccccc1)(c1ccccc1)c1ccccc1)Oc1ccon1. The highest BCUT2D eigenvalue weighted by Crippen LogP contribution is 2.40. The van der Waals surface area contributed by atoms with Gasteiger partial charge in [0, 0.05) is 12.7 Å². The molecule has 248 valence electrons. The van der Waals surface area contributed by atoms with Crippen molar-refractivity contribution in [1.29, 1.82) is 0 Å². The molecule has 0 saturated carbocycles. The second-order valence-corrected chi connectivity index (χ2v) is 12.3. The first kappa shape index (κ1) is 35.4. The van der Waals surface area contributed by atoms with Crippen LogP contribution in [0, 0.1) is 0 Å². The van der Waals surface area contributed by atoms with E-state index in [9.17, 15) is 0 Å². The summed E-state index contributed by atoms with van der Waals surface area (Å²) in [6, 6.07) is 32.9. The first-order valence-corrected chi connectivity index (χ1v) is 17.8. The lowest BCUT2D eigenvalue weighted by molar-refractivity contribution is -0.0570. The fraction of sp³-hybridized carbons (Fsp3) is 0.488. The van der Waals surface area contributed by atoms with Gasteiger partial charge in [0.1, 0.15) is 18.0 Å². The quantitative estimate of drug-likeness (QED) is 0.0542. The molecule has 4 rings (SSSR count). The molecule has 0 aliphatic carbocycles. The Hall–Kier alpha value is -3.41. The molecule has 1 unspecified atom stereocenters. The third-order valence-corrected chi connectivity index (χ3v) is 8.67. The van der Waals surface area contributed by atoms with Crippen LogP contribution in [0.2, 0.25) is 0 Å². The summed E-state index contributed by atoms with van der Waals surface area (Å²) in [4.78, 5) is 0. The molecule has 0 aliphatic rings. The van der Waals surface area contributed by atoms with Crippen LogP contribution in [0.25, 0.3) is 0 Å². The van der Waals surface area contributed by atoms with Crippen LogP contribution in [0.1, 0.15) is 114 Å². The maximum absolute atomic E-state index is 7.01. The smallest absolute Gasteiger partial charge is 0.254 e. The molecular weight excluding hydrogens is 570 g/mol. The van der Waals surface area contributed by atoms with Crippen LogP contribution in [0.5, 0.6) is 5.88 Å². The molecular formula is C41H55NO4. The van der Waals surface area contributed by atoms with Crippen LogP contribution < -0.4 is 4.74 Å². The lowest BCUT2D eigenvalue weighted by Crippen LogP contribution is -2.38. The average molecular weight is 626 g/mol. The van der Waals surface area contributed by atoms with E-state index in [1.54, 1.807) is 6.07 Å². The highest BCUT2D eigenvalue weighted by molar-refractivity contribution is 5.47. The summed E-state index contributed by atoms with van der Waals surface area (Å²) in [6.07, 6.45) is 19.9. The van der Waals surface area contributed by atoms with Gasteiger partial charge in [0.05, 0.1) is 13.2 Å². The van der Waals surface area contributed by atoms with E-state index in [-0.39, 0.29) is 6.10 Å². The van der Waals surface area contributed by atoms with Crippen LogP contribution in [-0.2, 0) is 15.1 Å². The number of benzene rings is 3. The Balaban J connectivity index is 1.27. The molecule has 3 aromatic carbocycles. The summed E-state index contributed by atoms with van der Waals surface area (Å²) < 4.78 is 24.5. The molecule has 0 N–H and O–H groups in total.